The van der Waals surface area contributed by atoms with E-state index in [0.29, 0.717) is 28.7 Å². The highest BCUT2D eigenvalue weighted by Crippen LogP contribution is 2.17. The first kappa shape index (κ1) is 19.5. The van der Waals surface area contributed by atoms with Gasteiger partial charge in [0.15, 0.2) is 0 Å². The quantitative estimate of drug-likeness (QED) is 0.564. The fourth-order valence-electron chi connectivity index (χ4n) is 2.14. The number of carbonyl (C=O) groups is 2. The van der Waals surface area contributed by atoms with Crippen LogP contribution in [0.4, 0.5) is 5.69 Å². The van der Waals surface area contributed by atoms with Gasteiger partial charge in [-0.1, -0.05) is 11.3 Å². The maximum atomic E-state index is 12.2. The molecule has 2 aromatic heterocycles. The van der Waals surface area contributed by atoms with Crippen LogP contribution in [0, 0.1) is 0 Å². The molecule has 0 saturated carbocycles. The summed E-state index contributed by atoms with van der Waals surface area (Å²) in [6, 6.07) is 10.4. The van der Waals surface area contributed by atoms with Crippen molar-refractivity contribution >= 4 is 28.8 Å². The number of hydrogen-bond donors (Lipinski definition) is 2. The number of aromatic nitrogens is 2. The standard InChI is InChI=1S/C18H18N4O5S/c1-25-13-6-4-12(5-7-13)20-17(24)18-22-21-16(28-18)11-26-10-15(23)19-9-14-3-2-8-27-14/h2-8H,9-11H2,1H3,(H,19,23)(H,20,24). The van der Waals surface area contributed by atoms with Gasteiger partial charge in [0.05, 0.1) is 19.9 Å². The molecule has 1 aromatic carbocycles. The third-order valence-corrected chi connectivity index (χ3v) is 4.40. The normalized spacial score (nSPS) is 10.5. The van der Waals surface area contributed by atoms with Crippen molar-refractivity contribution in [3.63, 3.8) is 0 Å². The Hall–Kier alpha value is -3.24. The van der Waals surface area contributed by atoms with Crippen LogP contribution in [0.15, 0.2) is 47.1 Å². The van der Waals surface area contributed by atoms with Gasteiger partial charge in [0, 0.05) is 5.69 Å². The van der Waals surface area contributed by atoms with Crippen LogP contribution >= 0.6 is 11.3 Å². The largest absolute Gasteiger partial charge is 0.497 e. The number of anilines is 1. The van der Waals surface area contributed by atoms with E-state index in [2.05, 4.69) is 20.8 Å². The summed E-state index contributed by atoms with van der Waals surface area (Å²) in [4.78, 5) is 23.9. The number of ether oxygens (including phenoxy) is 2. The number of hydrogen-bond acceptors (Lipinski definition) is 8. The smallest absolute Gasteiger partial charge is 0.286 e. The van der Waals surface area contributed by atoms with E-state index in [1.54, 1.807) is 43.5 Å². The topological polar surface area (TPSA) is 116 Å². The van der Waals surface area contributed by atoms with Gasteiger partial charge in [-0.3, -0.25) is 9.59 Å². The number of furan rings is 1. The zero-order chi connectivity index (χ0) is 19.8. The van der Waals surface area contributed by atoms with Gasteiger partial charge in [-0.05, 0) is 36.4 Å². The van der Waals surface area contributed by atoms with Crippen molar-refractivity contribution in [3.8, 4) is 5.75 Å². The molecule has 0 saturated heterocycles. The van der Waals surface area contributed by atoms with Crippen LogP contribution in [0.25, 0.3) is 0 Å². The van der Waals surface area contributed by atoms with Crippen LogP contribution in [-0.4, -0.2) is 35.7 Å². The molecule has 0 atom stereocenters. The molecule has 28 heavy (non-hydrogen) atoms. The highest BCUT2D eigenvalue weighted by molar-refractivity contribution is 7.13. The van der Waals surface area contributed by atoms with Crippen LogP contribution in [0.5, 0.6) is 5.75 Å². The number of rotatable bonds is 9. The summed E-state index contributed by atoms with van der Waals surface area (Å²) < 4.78 is 15.5. The molecular formula is C18H18N4O5S. The van der Waals surface area contributed by atoms with Crippen molar-refractivity contribution in [2.45, 2.75) is 13.2 Å². The van der Waals surface area contributed by atoms with Gasteiger partial charge < -0.3 is 24.5 Å². The van der Waals surface area contributed by atoms with Crippen molar-refractivity contribution in [3.05, 3.63) is 58.4 Å². The lowest BCUT2D eigenvalue weighted by molar-refractivity contribution is -0.126. The van der Waals surface area contributed by atoms with Crippen LogP contribution in [-0.2, 0) is 22.7 Å². The minimum absolute atomic E-state index is 0.0850. The summed E-state index contributed by atoms with van der Waals surface area (Å²) >= 11 is 1.10. The van der Waals surface area contributed by atoms with Crippen LogP contribution in [0.1, 0.15) is 20.6 Å². The molecule has 0 bridgehead atoms. The van der Waals surface area contributed by atoms with Gasteiger partial charge >= 0.3 is 0 Å². The summed E-state index contributed by atoms with van der Waals surface area (Å²) in [7, 11) is 1.57. The zero-order valence-electron chi connectivity index (χ0n) is 15.0. The molecule has 3 rings (SSSR count). The summed E-state index contributed by atoms with van der Waals surface area (Å²) in [5.41, 5.74) is 0.618. The highest BCUT2D eigenvalue weighted by Gasteiger charge is 2.14. The average molecular weight is 402 g/mol. The molecular weight excluding hydrogens is 384 g/mol. The van der Waals surface area contributed by atoms with Crippen LogP contribution < -0.4 is 15.4 Å². The van der Waals surface area contributed by atoms with Gasteiger partial charge in [-0.25, -0.2) is 0 Å². The molecule has 0 unspecified atom stereocenters. The number of benzene rings is 1. The summed E-state index contributed by atoms with van der Waals surface area (Å²) in [5.74, 6) is 0.704. The number of carbonyl (C=O) groups excluding carboxylic acids is 2. The van der Waals surface area contributed by atoms with E-state index in [9.17, 15) is 9.59 Å². The molecule has 0 aliphatic rings. The van der Waals surface area contributed by atoms with E-state index in [4.69, 9.17) is 13.9 Å². The Balaban J connectivity index is 1.41. The molecule has 146 valence electrons. The molecule has 2 amide bonds. The maximum Gasteiger partial charge on any atom is 0.286 e. The Kier molecular flexibility index (Phi) is 6.71. The predicted octanol–water partition coefficient (Wildman–Crippen LogP) is 2.22. The lowest BCUT2D eigenvalue weighted by Crippen LogP contribution is -2.26. The van der Waals surface area contributed by atoms with E-state index in [1.165, 1.54) is 6.26 Å². The van der Waals surface area contributed by atoms with E-state index in [0.717, 1.165) is 11.3 Å². The summed E-state index contributed by atoms with van der Waals surface area (Å²) in [6.45, 7) is 0.249. The molecule has 9 nitrogen and oxygen atoms in total. The molecule has 0 spiro atoms. The van der Waals surface area contributed by atoms with E-state index in [-0.39, 0.29) is 30.0 Å². The minimum atomic E-state index is -0.370. The Bertz CT molecular complexity index is 908. The van der Waals surface area contributed by atoms with E-state index >= 15 is 0 Å². The van der Waals surface area contributed by atoms with Gasteiger partial charge in [0.1, 0.15) is 29.7 Å². The van der Waals surface area contributed by atoms with Crippen molar-refractivity contribution < 1.29 is 23.5 Å². The van der Waals surface area contributed by atoms with Crippen molar-refractivity contribution in [2.75, 3.05) is 19.0 Å². The molecule has 2 N–H and O–H groups in total. The summed E-state index contributed by atoms with van der Waals surface area (Å²) in [5, 5.41) is 13.9. The van der Waals surface area contributed by atoms with E-state index in [1.807, 2.05) is 0 Å². The molecule has 0 fully saturated rings. The van der Waals surface area contributed by atoms with Crippen molar-refractivity contribution in [1.29, 1.82) is 0 Å². The molecule has 0 aliphatic heterocycles. The molecule has 0 aliphatic carbocycles. The van der Waals surface area contributed by atoms with Crippen LogP contribution in [0.2, 0.25) is 0 Å². The maximum absolute atomic E-state index is 12.2. The fourth-order valence-corrected chi connectivity index (χ4v) is 2.82. The highest BCUT2D eigenvalue weighted by atomic mass is 32.1. The van der Waals surface area contributed by atoms with E-state index < -0.39 is 0 Å². The third-order valence-electron chi connectivity index (χ3n) is 3.51. The lowest BCUT2D eigenvalue weighted by atomic mass is 10.3. The first-order chi connectivity index (χ1) is 13.6. The second-order valence-electron chi connectivity index (χ2n) is 5.53. The SMILES string of the molecule is COc1ccc(NC(=O)c2nnc(COCC(=O)NCc3ccco3)s2)cc1. The molecule has 3 aromatic rings. The number of nitrogens with one attached hydrogen (secondary N) is 2. The second kappa shape index (κ2) is 9.62. The van der Waals surface area contributed by atoms with Gasteiger partial charge in [-0.15, -0.1) is 10.2 Å². The molecule has 10 heteroatoms. The first-order valence-corrected chi connectivity index (χ1v) is 9.10. The summed E-state index contributed by atoms with van der Waals surface area (Å²) in [6.07, 6.45) is 1.54. The van der Waals surface area contributed by atoms with Gasteiger partial charge in [0.25, 0.3) is 5.91 Å². The third kappa shape index (κ3) is 5.63. The van der Waals surface area contributed by atoms with Crippen molar-refractivity contribution in [1.82, 2.24) is 15.5 Å². The lowest BCUT2D eigenvalue weighted by Gasteiger charge is -2.04. The Labute approximate surface area is 164 Å². The first-order valence-electron chi connectivity index (χ1n) is 8.28. The van der Waals surface area contributed by atoms with Gasteiger partial charge in [0.2, 0.25) is 10.9 Å². The molecule has 0 radical (unpaired) electrons. The number of nitrogens with zero attached hydrogens (tertiary/aromatic N) is 2. The Morgan fingerprint density at radius 3 is 2.71 bits per heavy atom. The Morgan fingerprint density at radius 1 is 1.18 bits per heavy atom. The fraction of sp³-hybridized carbons (Fsp3) is 0.222. The Morgan fingerprint density at radius 2 is 2.00 bits per heavy atom. The van der Waals surface area contributed by atoms with Crippen LogP contribution in [0.3, 0.4) is 0 Å². The second-order valence-corrected chi connectivity index (χ2v) is 6.59. The van der Waals surface area contributed by atoms with Crippen molar-refractivity contribution in [2.24, 2.45) is 0 Å². The number of methoxy groups -OCH3 is 1. The average Bonchev–Trinajstić information content (AvgIpc) is 3.39. The number of amides is 2. The molecule has 2 heterocycles. The minimum Gasteiger partial charge on any atom is -0.497 e. The predicted molar refractivity (Wildman–Crippen MR) is 101 cm³/mol. The zero-order valence-corrected chi connectivity index (χ0v) is 15.8. The monoisotopic (exact) mass is 402 g/mol. The van der Waals surface area contributed by atoms with Gasteiger partial charge in [-0.2, -0.15) is 0 Å².